The molecule has 4 rings (SSSR count). The fourth-order valence-electron chi connectivity index (χ4n) is 3.87. The monoisotopic (exact) mass is 521 g/mol. The largest absolute Gasteiger partial charge is 0.494 e. The number of sulfonamides is 1. The molecule has 4 aromatic rings. The topological polar surface area (TPSA) is 103 Å². The Morgan fingerprint density at radius 2 is 1.70 bits per heavy atom. The van der Waals surface area contributed by atoms with Crippen LogP contribution in [0.4, 0.5) is 5.69 Å². The lowest BCUT2D eigenvalue weighted by molar-refractivity contribution is 0.0472. The molecule has 0 fully saturated rings. The van der Waals surface area contributed by atoms with Gasteiger partial charge in [0.2, 0.25) is 0 Å². The van der Waals surface area contributed by atoms with Gasteiger partial charge in [0.25, 0.3) is 10.0 Å². The molecule has 0 saturated carbocycles. The van der Waals surface area contributed by atoms with Gasteiger partial charge >= 0.3 is 11.6 Å². The average Bonchev–Trinajstić information content (AvgIpc) is 2.87. The first-order valence-corrected chi connectivity index (χ1v) is 13.1. The van der Waals surface area contributed by atoms with Crippen molar-refractivity contribution < 1.29 is 27.1 Å². The molecule has 0 N–H and O–H groups in total. The van der Waals surface area contributed by atoms with Gasteiger partial charge in [0.1, 0.15) is 17.9 Å². The first-order valence-electron chi connectivity index (χ1n) is 11.6. The highest BCUT2D eigenvalue weighted by atomic mass is 32.2. The summed E-state index contributed by atoms with van der Waals surface area (Å²) in [4.78, 5) is 24.9. The second kappa shape index (κ2) is 10.5. The van der Waals surface area contributed by atoms with Gasteiger partial charge in [0.15, 0.2) is 0 Å². The summed E-state index contributed by atoms with van der Waals surface area (Å²) < 4.78 is 43.9. The van der Waals surface area contributed by atoms with Crippen LogP contribution in [0.5, 0.6) is 5.75 Å². The van der Waals surface area contributed by atoms with Crippen LogP contribution in [0.15, 0.2) is 80.8 Å². The molecule has 3 aromatic carbocycles. The molecule has 0 amide bonds. The molecule has 0 unspecified atom stereocenters. The van der Waals surface area contributed by atoms with Crippen LogP contribution >= 0.6 is 0 Å². The van der Waals surface area contributed by atoms with E-state index < -0.39 is 21.6 Å². The van der Waals surface area contributed by atoms with Gasteiger partial charge in [-0.05, 0) is 74.4 Å². The molecule has 0 aliphatic heterocycles. The minimum Gasteiger partial charge on any atom is -0.494 e. The Labute approximate surface area is 215 Å². The summed E-state index contributed by atoms with van der Waals surface area (Å²) in [5, 5.41) is 0.656. The number of benzene rings is 3. The Kier molecular flexibility index (Phi) is 7.35. The standard InChI is InChI=1S/C28H27NO7S/c1-5-34-22-10-8-21(9-11-22)29(4)37(32,33)23-12-7-19(3)25(16-23)28(31)35-17-20-15-27(30)36-26-14-18(2)6-13-24(20)26/h6-16H,5,17H2,1-4H3. The van der Waals surface area contributed by atoms with Gasteiger partial charge in [0.05, 0.1) is 22.8 Å². The molecule has 0 aliphatic rings. The number of fused-ring (bicyclic) bond motifs is 1. The summed E-state index contributed by atoms with van der Waals surface area (Å²) in [5.74, 6) is -0.0664. The minimum atomic E-state index is -3.96. The average molecular weight is 522 g/mol. The molecule has 0 aliphatic carbocycles. The van der Waals surface area contributed by atoms with Crippen molar-refractivity contribution >= 4 is 32.6 Å². The predicted octanol–water partition coefficient (Wildman–Crippen LogP) is 4.99. The van der Waals surface area contributed by atoms with Crippen molar-refractivity contribution in [3.05, 3.63) is 99.4 Å². The van der Waals surface area contributed by atoms with Crippen LogP contribution in [0.25, 0.3) is 11.0 Å². The number of nitrogens with zero attached hydrogens (tertiary/aromatic N) is 1. The number of ether oxygens (including phenoxy) is 2. The maximum Gasteiger partial charge on any atom is 0.338 e. The van der Waals surface area contributed by atoms with E-state index in [1.165, 1.54) is 25.2 Å². The molecule has 1 aromatic heterocycles. The SMILES string of the molecule is CCOc1ccc(N(C)S(=O)(=O)c2ccc(C)c(C(=O)OCc3cc(=O)oc4cc(C)ccc34)c2)cc1. The third kappa shape index (κ3) is 5.51. The first-order chi connectivity index (χ1) is 17.6. The number of carbonyl (C=O) groups excluding carboxylic acids is 1. The normalized spacial score (nSPS) is 11.4. The van der Waals surface area contributed by atoms with Crippen molar-refractivity contribution in [2.75, 3.05) is 18.0 Å². The Morgan fingerprint density at radius 3 is 2.41 bits per heavy atom. The van der Waals surface area contributed by atoms with Crippen molar-refractivity contribution in [2.24, 2.45) is 0 Å². The van der Waals surface area contributed by atoms with E-state index >= 15 is 0 Å². The van der Waals surface area contributed by atoms with Crippen LogP contribution in [0, 0.1) is 13.8 Å². The summed E-state index contributed by atoms with van der Waals surface area (Å²) >= 11 is 0. The number of anilines is 1. The molecule has 1 heterocycles. The van der Waals surface area contributed by atoms with Crippen LogP contribution in [0.1, 0.15) is 34.0 Å². The third-order valence-corrected chi connectivity index (χ3v) is 7.72. The van der Waals surface area contributed by atoms with Crippen LogP contribution in [0.3, 0.4) is 0 Å². The highest BCUT2D eigenvalue weighted by molar-refractivity contribution is 7.92. The molecule has 9 heteroatoms. The maximum absolute atomic E-state index is 13.3. The van der Waals surface area contributed by atoms with Gasteiger partial charge in [-0.3, -0.25) is 4.31 Å². The Hall–Kier alpha value is -4.11. The highest BCUT2D eigenvalue weighted by Crippen LogP contribution is 2.26. The fourth-order valence-corrected chi connectivity index (χ4v) is 5.10. The van der Waals surface area contributed by atoms with E-state index in [1.807, 2.05) is 19.9 Å². The summed E-state index contributed by atoms with van der Waals surface area (Å²) in [6.45, 7) is 5.77. The number of rotatable bonds is 8. The number of hydrogen-bond donors (Lipinski definition) is 0. The minimum absolute atomic E-state index is 0.0530. The number of aryl methyl sites for hydroxylation is 2. The number of hydrogen-bond acceptors (Lipinski definition) is 7. The third-order valence-electron chi connectivity index (χ3n) is 5.94. The molecule has 0 spiro atoms. The molecule has 192 valence electrons. The van der Waals surface area contributed by atoms with Gasteiger partial charge in [-0.2, -0.15) is 0 Å². The lowest BCUT2D eigenvalue weighted by Crippen LogP contribution is -2.26. The quantitative estimate of drug-likeness (QED) is 0.238. The second-order valence-electron chi connectivity index (χ2n) is 8.54. The smallest absolute Gasteiger partial charge is 0.338 e. The van der Waals surface area contributed by atoms with E-state index in [2.05, 4.69) is 0 Å². The molecular formula is C28H27NO7S. The van der Waals surface area contributed by atoms with Gasteiger partial charge in [0, 0.05) is 24.1 Å². The molecule has 0 bridgehead atoms. The first kappa shape index (κ1) is 26.0. The van der Waals surface area contributed by atoms with E-state index in [0.29, 0.717) is 40.1 Å². The number of carbonyl (C=O) groups is 1. The predicted molar refractivity (Wildman–Crippen MR) is 141 cm³/mol. The Balaban J connectivity index is 1.58. The van der Waals surface area contributed by atoms with Gasteiger partial charge in [-0.15, -0.1) is 0 Å². The van der Waals surface area contributed by atoms with E-state index in [-0.39, 0.29) is 17.1 Å². The summed E-state index contributed by atoms with van der Waals surface area (Å²) in [6.07, 6.45) is 0. The molecular weight excluding hydrogens is 494 g/mol. The summed E-state index contributed by atoms with van der Waals surface area (Å²) in [6, 6.07) is 17.7. The van der Waals surface area contributed by atoms with E-state index in [1.54, 1.807) is 49.4 Å². The van der Waals surface area contributed by atoms with Crippen LogP contribution in [-0.4, -0.2) is 28.0 Å². The molecule has 0 radical (unpaired) electrons. The van der Waals surface area contributed by atoms with Gasteiger partial charge in [-0.25, -0.2) is 18.0 Å². The van der Waals surface area contributed by atoms with Crippen LogP contribution in [-0.2, 0) is 21.4 Å². The van der Waals surface area contributed by atoms with Crippen LogP contribution < -0.4 is 14.7 Å². The molecule has 0 atom stereocenters. The summed E-state index contributed by atoms with van der Waals surface area (Å²) in [7, 11) is -2.52. The van der Waals surface area contributed by atoms with Gasteiger partial charge < -0.3 is 13.9 Å². The Morgan fingerprint density at radius 1 is 0.973 bits per heavy atom. The summed E-state index contributed by atoms with van der Waals surface area (Å²) in [5.41, 5.74) is 2.39. The fraction of sp³-hybridized carbons (Fsp3) is 0.214. The van der Waals surface area contributed by atoms with Crippen molar-refractivity contribution in [1.82, 2.24) is 0 Å². The van der Waals surface area contributed by atoms with Crippen molar-refractivity contribution in [3.63, 3.8) is 0 Å². The lowest BCUT2D eigenvalue weighted by atomic mass is 10.1. The zero-order valence-electron chi connectivity index (χ0n) is 21.0. The molecule has 0 saturated heterocycles. The van der Waals surface area contributed by atoms with Crippen LogP contribution in [0.2, 0.25) is 0 Å². The molecule has 37 heavy (non-hydrogen) atoms. The maximum atomic E-state index is 13.3. The molecule has 8 nitrogen and oxygen atoms in total. The highest BCUT2D eigenvalue weighted by Gasteiger charge is 2.24. The van der Waals surface area contributed by atoms with Crippen molar-refractivity contribution in [1.29, 1.82) is 0 Å². The zero-order valence-corrected chi connectivity index (χ0v) is 21.8. The van der Waals surface area contributed by atoms with E-state index in [9.17, 15) is 18.0 Å². The van der Waals surface area contributed by atoms with Gasteiger partial charge in [-0.1, -0.05) is 18.2 Å². The van der Waals surface area contributed by atoms with Crippen molar-refractivity contribution in [2.45, 2.75) is 32.3 Å². The van der Waals surface area contributed by atoms with Crippen molar-refractivity contribution in [3.8, 4) is 5.75 Å². The van der Waals surface area contributed by atoms with E-state index in [4.69, 9.17) is 13.9 Å². The Bertz CT molecular complexity index is 1620. The second-order valence-corrected chi connectivity index (χ2v) is 10.5. The zero-order chi connectivity index (χ0) is 26.7. The van der Waals surface area contributed by atoms with E-state index in [0.717, 1.165) is 9.87 Å². The lowest BCUT2D eigenvalue weighted by Gasteiger charge is -2.20. The number of esters is 1.